The van der Waals surface area contributed by atoms with Crippen LogP contribution in [0.1, 0.15) is 12.6 Å². The number of ether oxygens (including phenoxy) is 1. The molecule has 118 valence electrons. The van der Waals surface area contributed by atoms with E-state index in [2.05, 4.69) is 0 Å². The zero-order chi connectivity index (χ0) is 15.8. The molecule has 1 saturated heterocycles. The van der Waals surface area contributed by atoms with Gasteiger partial charge in [0.1, 0.15) is 18.4 Å². The van der Waals surface area contributed by atoms with Crippen LogP contribution in [0.2, 0.25) is 0 Å². The van der Waals surface area contributed by atoms with E-state index in [-0.39, 0.29) is 6.42 Å². The van der Waals surface area contributed by atoms with Crippen molar-refractivity contribution in [1.29, 1.82) is 0 Å². The smallest absolute Gasteiger partial charge is 0.330 e. The second kappa shape index (κ2) is 5.67. The zero-order valence-electron chi connectivity index (χ0n) is 10.9. The number of aliphatic hydroxyl groups excluding tert-OH is 1. The summed E-state index contributed by atoms with van der Waals surface area (Å²) in [5.41, 5.74) is -2.08. The summed E-state index contributed by atoms with van der Waals surface area (Å²) in [5, 5.41) is 9.15. The van der Waals surface area contributed by atoms with E-state index in [1.807, 2.05) is 0 Å². The number of aliphatic hydroxyl groups is 1. The fourth-order valence-electron chi connectivity index (χ4n) is 2.04. The minimum Gasteiger partial charge on any atom is -0.394 e. The van der Waals surface area contributed by atoms with Gasteiger partial charge in [0.25, 0.3) is 15.7 Å². The van der Waals surface area contributed by atoms with Crippen LogP contribution in [-0.2, 0) is 19.0 Å². The van der Waals surface area contributed by atoms with Crippen molar-refractivity contribution in [1.82, 2.24) is 9.55 Å². The topological polar surface area (TPSA) is 128 Å². The molecule has 0 amide bonds. The SMILES string of the molecule is CS(=O)(=O)OC1CC(n2cc(F)c(=O)[nH]c2=O)OC1CO. The van der Waals surface area contributed by atoms with Crippen molar-refractivity contribution in [2.45, 2.75) is 24.9 Å². The predicted molar refractivity (Wildman–Crippen MR) is 66.6 cm³/mol. The van der Waals surface area contributed by atoms with Gasteiger partial charge in [-0.15, -0.1) is 0 Å². The van der Waals surface area contributed by atoms with Gasteiger partial charge in [-0.05, 0) is 0 Å². The fraction of sp³-hybridized carbons (Fsp3) is 0.600. The summed E-state index contributed by atoms with van der Waals surface area (Å²) in [5.74, 6) is -1.19. The van der Waals surface area contributed by atoms with Gasteiger partial charge in [0.2, 0.25) is 5.82 Å². The van der Waals surface area contributed by atoms with E-state index < -0.39 is 52.2 Å². The first-order valence-corrected chi connectivity index (χ1v) is 7.68. The second-order valence-electron chi connectivity index (χ2n) is 4.53. The minimum atomic E-state index is -3.79. The average Bonchev–Trinajstić information content (AvgIpc) is 2.74. The van der Waals surface area contributed by atoms with Crippen molar-refractivity contribution >= 4 is 10.1 Å². The van der Waals surface area contributed by atoms with Crippen LogP contribution in [0.4, 0.5) is 4.39 Å². The van der Waals surface area contributed by atoms with E-state index in [9.17, 15) is 22.4 Å². The maximum atomic E-state index is 13.2. The third-order valence-electron chi connectivity index (χ3n) is 2.89. The Kier molecular flexibility index (Phi) is 4.27. The monoisotopic (exact) mass is 324 g/mol. The van der Waals surface area contributed by atoms with Gasteiger partial charge in [-0.3, -0.25) is 18.5 Å². The Morgan fingerprint density at radius 3 is 2.81 bits per heavy atom. The van der Waals surface area contributed by atoms with Gasteiger partial charge >= 0.3 is 5.69 Å². The Morgan fingerprint density at radius 2 is 2.24 bits per heavy atom. The van der Waals surface area contributed by atoms with Crippen LogP contribution in [0.25, 0.3) is 0 Å². The van der Waals surface area contributed by atoms with Crippen LogP contribution >= 0.6 is 0 Å². The third kappa shape index (κ3) is 3.56. The largest absolute Gasteiger partial charge is 0.394 e. The molecule has 0 spiro atoms. The van der Waals surface area contributed by atoms with Crippen molar-refractivity contribution < 1.29 is 26.8 Å². The standard InChI is InChI=1S/C10H13FN2O7S/c1-21(17,18)20-6-2-8(19-7(6)4-14)13-3-5(11)9(15)12-10(13)16/h3,6-8,14H,2,4H2,1H3,(H,12,15,16). The van der Waals surface area contributed by atoms with Crippen LogP contribution in [0.3, 0.4) is 0 Å². The average molecular weight is 324 g/mol. The lowest BCUT2D eigenvalue weighted by Crippen LogP contribution is -2.34. The first kappa shape index (κ1) is 15.8. The van der Waals surface area contributed by atoms with E-state index in [0.29, 0.717) is 6.20 Å². The molecule has 1 aliphatic heterocycles. The van der Waals surface area contributed by atoms with E-state index >= 15 is 0 Å². The molecule has 0 bridgehead atoms. The quantitative estimate of drug-likeness (QED) is 0.632. The van der Waals surface area contributed by atoms with Crippen LogP contribution in [0, 0.1) is 5.82 Å². The summed E-state index contributed by atoms with van der Waals surface area (Å²) in [6.45, 7) is -0.544. The Morgan fingerprint density at radius 1 is 1.57 bits per heavy atom. The molecule has 0 radical (unpaired) electrons. The van der Waals surface area contributed by atoms with Crippen LogP contribution in [0.15, 0.2) is 15.8 Å². The fourth-order valence-corrected chi connectivity index (χ4v) is 2.69. The molecule has 1 aromatic heterocycles. The van der Waals surface area contributed by atoms with Gasteiger partial charge in [0.05, 0.1) is 19.1 Å². The lowest BCUT2D eigenvalue weighted by Gasteiger charge is -2.14. The van der Waals surface area contributed by atoms with E-state index in [1.54, 1.807) is 4.98 Å². The van der Waals surface area contributed by atoms with Gasteiger partial charge in [-0.1, -0.05) is 0 Å². The number of hydrogen-bond donors (Lipinski definition) is 2. The lowest BCUT2D eigenvalue weighted by atomic mass is 10.2. The van der Waals surface area contributed by atoms with Crippen molar-refractivity contribution in [3.8, 4) is 0 Å². The summed E-state index contributed by atoms with van der Waals surface area (Å²) >= 11 is 0. The van der Waals surface area contributed by atoms with Crippen molar-refractivity contribution in [2.75, 3.05) is 12.9 Å². The number of halogens is 1. The maximum Gasteiger partial charge on any atom is 0.330 e. The highest BCUT2D eigenvalue weighted by Crippen LogP contribution is 2.30. The highest BCUT2D eigenvalue weighted by Gasteiger charge is 2.39. The lowest BCUT2D eigenvalue weighted by molar-refractivity contribution is -0.0416. The number of nitrogens with zero attached hydrogens (tertiary/aromatic N) is 1. The van der Waals surface area contributed by atoms with Gasteiger partial charge in [-0.25, -0.2) is 4.79 Å². The summed E-state index contributed by atoms with van der Waals surface area (Å²) in [6.07, 6.45) is -1.69. The number of nitrogens with one attached hydrogen (secondary N) is 1. The predicted octanol–water partition coefficient (Wildman–Crippen LogP) is -1.70. The van der Waals surface area contributed by atoms with E-state index in [4.69, 9.17) is 14.0 Å². The van der Waals surface area contributed by atoms with E-state index in [1.165, 1.54) is 0 Å². The second-order valence-corrected chi connectivity index (χ2v) is 6.13. The minimum absolute atomic E-state index is 0.107. The molecule has 3 atom stereocenters. The number of aromatic amines is 1. The normalized spacial score (nSPS) is 26.1. The maximum absolute atomic E-state index is 13.2. The van der Waals surface area contributed by atoms with Crippen LogP contribution < -0.4 is 11.2 Å². The summed E-state index contributed by atoms with van der Waals surface area (Å²) < 4.78 is 46.3. The summed E-state index contributed by atoms with van der Waals surface area (Å²) in [4.78, 5) is 24.3. The molecule has 3 unspecified atom stereocenters. The first-order chi connectivity index (χ1) is 9.71. The molecule has 2 rings (SSSR count). The molecule has 1 fully saturated rings. The summed E-state index contributed by atoms with van der Waals surface area (Å²) in [7, 11) is -3.79. The van der Waals surface area contributed by atoms with Gasteiger partial charge < -0.3 is 9.84 Å². The molecule has 9 nitrogen and oxygen atoms in total. The number of rotatable bonds is 4. The van der Waals surface area contributed by atoms with Crippen molar-refractivity contribution in [3.63, 3.8) is 0 Å². The molecule has 11 heteroatoms. The number of aromatic nitrogens is 2. The molecule has 21 heavy (non-hydrogen) atoms. The van der Waals surface area contributed by atoms with Crippen LogP contribution in [-0.4, -0.2) is 48.1 Å². The molecule has 0 saturated carbocycles. The molecular formula is C10H13FN2O7S. The molecular weight excluding hydrogens is 311 g/mol. The number of hydrogen-bond acceptors (Lipinski definition) is 7. The molecule has 1 aliphatic rings. The molecule has 0 aliphatic carbocycles. The van der Waals surface area contributed by atoms with E-state index in [0.717, 1.165) is 10.8 Å². The Labute approximate surface area is 118 Å². The Balaban J connectivity index is 2.29. The Hall–Kier alpha value is -1.56. The highest BCUT2D eigenvalue weighted by atomic mass is 32.2. The number of H-pyrrole nitrogens is 1. The molecule has 2 N–H and O–H groups in total. The van der Waals surface area contributed by atoms with Gasteiger partial charge in [0, 0.05) is 6.42 Å². The molecule has 1 aromatic rings. The van der Waals surface area contributed by atoms with Crippen molar-refractivity contribution in [3.05, 3.63) is 32.9 Å². The summed E-state index contributed by atoms with van der Waals surface area (Å²) in [6, 6.07) is 0. The Bertz CT molecular complexity index is 741. The highest BCUT2D eigenvalue weighted by molar-refractivity contribution is 7.86. The van der Waals surface area contributed by atoms with Crippen molar-refractivity contribution in [2.24, 2.45) is 0 Å². The zero-order valence-corrected chi connectivity index (χ0v) is 11.7. The molecule has 0 aromatic carbocycles. The van der Waals surface area contributed by atoms with Crippen LogP contribution in [0.5, 0.6) is 0 Å². The van der Waals surface area contributed by atoms with Gasteiger partial charge in [0.15, 0.2) is 0 Å². The molecule has 2 heterocycles. The third-order valence-corrected chi connectivity index (χ3v) is 3.49. The van der Waals surface area contributed by atoms with Gasteiger partial charge in [-0.2, -0.15) is 12.8 Å². The first-order valence-electron chi connectivity index (χ1n) is 5.87.